The highest BCUT2D eigenvalue weighted by Gasteiger charge is 2.07. The SMILES string of the molecule is CN(C)c1cccc(CNC(=O)NCc2nnc3ccccn23)n1. The Balaban J connectivity index is 1.54. The zero-order valence-corrected chi connectivity index (χ0v) is 13.6. The molecule has 0 aliphatic carbocycles. The Kier molecular flexibility index (Phi) is 4.55. The second-order valence-corrected chi connectivity index (χ2v) is 5.46. The van der Waals surface area contributed by atoms with E-state index in [2.05, 4.69) is 25.8 Å². The summed E-state index contributed by atoms with van der Waals surface area (Å²) in [5, 5.41) is 13.7. The summed E-state index contributed by atoms with van der Waals surface area (Å²) in [6.45, 7) is 0.649. The van der Waals surface area contributed by atoms with Crippen LogP contribution in [0.1, 0.15) is 11.5 Å². The third kappa shape index (κ3) is 3.60. The molecule has 2 amide bonds. The zero-order chi connectivity index (χ0) is 16.9. The van der Waals surface area contributed by atoms with Gasteiger partial charge in [0.05, 0.1) is 18.8 Å². The smallest absolute Gasteiger partial charge is 0.315 e. The third-order valence-corrected chi connectivity index (χ3v) is 3.47. The van der Waals surface area contributed by atoms with Crippen LogP contribution in [0.4, 0.5) is 10.6 Å². The van der Waals surface area contributed by atoms with E-state index in [0.717, 1.165) is 17.2 Å². The minimum Gasteiger partial charge on any atom is -0.363 e. The molecule has 3 rings (SSSR count). The Morgan fingerprint density at radius 1 is 1.08 bits per heavy atom. The number of fused-ring (bicyclic) bond motifs is 1. The predicted molar refractivity (Wildman–Crippen MR) is 90.6 cm³/mol. The lowest BCUT2D eigenvalue weighted by Crippen LogP contribution is -2.35. The fourth-order valence-corrected chi connectivity index (χ4v) is 2.22. The first kappa shape index (κ1) is 15.7. The lowest BCUT2D eigenvalue weighted by atomic mass is 10.3. The maximum Gasteiger partial charge on any atom is 0.315 e. The molecular formula is C16H19N7O. The topological polar surface area (TPSA) is 87.5 Å². The van der Waals surface area contributed by atoms with Crippen molar-refractivity contribution in [2.45, 2.75) is 13.1 Å². The van der Waals surface area contributed by atoms with Crippen molar-refractivity contribution in [3.05, 3.63) is 54.1 Å². The van der Waals surface area contributed by atoms with Gasteiger partial charge in [-0.3, -0.25) is 4.40 Å². The van der Waals surface area contributed by atoms with E-state index in [-0.39, 0.29) is 6.03 Å². The van der Waals surface area contributed by atoms with Crippen molar-refractivity contribution in [2.75, 3.05) is 19.0 Å². The van der Waals surface area contributed by atoms with Crippen LogP contribution in [-0.4, -0.2) is 39.7 Å². The molecule has 8 nitrogen and oxygen atoms in total. The summed E-state index contributed by atoms with van der Waals surface area (Å²) in [5.41, 5.74) is 1.55. The van der Waals surface area contributed by atoms with Crippen molar-refractivity contribution in [2.24, 2.45) is 0 Å². The predicted octanol–water partition coefficient (Wildman–Crippen LogP) is 1.19. The molecule has 3 aromatic rings. The summed E-state index contributed by atoms with van der Waals surface area (Å²) in [5.74, 6) is 1.53. The van der Waals surface area contributed by atoms with Crippen molar-refractivity contribution in [3.8, 4) is 0 Å². The molecule has 0 unspecified atom stereocenters. The highest BCUT2D eigenvalue weighted by Crippen LogP contribution is 2.07. The van der Waals surface area contributed by atoms with Gasteiger partial charge in [-0.1, -0.05) is 12.1 Å². The zero-order valence-electron chi connectivity index (χ0n) is 13.6. The Hall–Kier alpha value is -3.16. The number of nitrogens with one attached hydrogen (secondary N) is 2. The molecule has 0 spiro atoms. The Morgan fingerprint density at radius 2 is 1.92 bits per heavy atom. The Labute approximate surface area is 139 Å². The first-order valence-electron chi connectivity index (χ1n) is 7.57. The van der Waals surface area contributed by atoms with Gasteiger partial charge >= 0.3 is 6.03 Å². The van der Waals surface area contributed by atoms with Gasteiger partial charge in [0.25, 0.3) is 0 Å². The fourth-order valence-electron chi connectivity index (χ4n) is 2.22. The number of nitrogens with zero attached hydrogens (tertiary/aromatic N) is 5. The summed E-state index contributed by atoms with van der Waals surface area (Å²) >= 11 is 0. The molecule has 0 aliphatic heterocycles. The summed E-state index contributed by atoms with van der Waals surface area (Å²) < 4.78 is 1.84. The lowest BCUT2D eigenvalue weighted by Gasteiger charge is -2.12. The summed E-state index contributed by atoms with van der Waals surface area (Å²) in [7, 11) is 3.85. The number of hydrogen-bond donors (Lipinski definition) is 2. The van der Waals surface area contributed by atoms with E-state index < -0.39 is 0 Å². The van der Waals surface area contributed by atoms with E-state index in [1.54, 1.807) is 0 Å². The second-order valence-electron chi connectivity index (χ2n) is 5.46. The van der Waals surface area contributed by atoms with Gasteiger partial charge in [-0.05, 0) is 24.3 Å². The molecule has 0 saturated carbocycles. The quantitative estimate of drug-likeness (QED) is 0.736. The van der Waals surface area contributed by atoms with E-state index >= 15 is 0 Å². The van der Waals surface area contributed by atoms with Crippen LogP contribution >= 0.6 is 0 Å². The maximum absolute atomic E-state index is 11.9. The van der Waals surface area contributed by atoms with E-state index in [0.29, 0.717) is 18.9 Å². The average Bonchev–Trinajstić information content (AvgIpc) is 3.01. The minimum absolute atomic E-state index is 0.278. The fraction of sp³-hybridized carbons (Fsp3) is 0.250. The molecule has 24 heavy (non-hydrogen) atoms. The summed E-state index contributed by atoms with van der Waals surface area (Å²) in [6.07, 6.45) is 1.86. The Morgan fingerprint density at radius 3 is 2.75 bits per heavy atom. The normalized spacial score (nSPS) is 10.6. The number of rotatable bonds is 5. The number of aromatic nitrogens is 4. The molecule has 0 saturated heterocycles. The molecule has 124 valence electrons. The molecule has 2 N–H and O–H groups in total. The molecule has 0 aliphatic rings. The van der Waals surface area contributed by atoms with Crippen LogP contribution in [0.25, 0.3) is 5.65 Å². The maximum atomic E-state index is 11.9. The number of urea groups is 1. The molecule has 0 radical (unpaired) electrons. The van der Waals surface area contributed by atoms with Crippen molar-refractivity contribution in [1.82, 2.24) is 30.2 Å². The van der Waals surface area contributed by atoms with Gasteiger partial charge in [0.15, 0.2) is 11.5 Å². The number of carbonyl (C=O) groups is 1. The van der Waals surface area contributed by atoms with Crippen molar-refractivity contribution < 1.29 is 4.79 Å². The van der Waals surface area contributed by atoms with Gasteiger partial charge in [-0.15, -0.1) is 10.2 Å². The van der Waals surface area contributed by atoms with Gasteiger partial charge in [0.2, 0.25) is 0 Å². The lowest BCUT2D eigenvalue weighted by molar-refractivity contribution is 0.239. The highest BCUT2D eigenvalue weighted by atomic mass is 16.2. The largest absolute Gasteiger partial charge is 0.363 e. The van der Waals surface area contributed by atoms with Crippen LogP contribution in [0, 0.1) is 0 Å². The standard InChI is InChI=1S/C16H19N7O/c1-22(2)13-8-5-6-12(19-13)10-17-16(24)18-11-15-21-20-14-7-3-4-9-23(14)15/h3-9H,10-11H2,1-2H3,(H2,17,18,24). The monoisotopic (exact) mass is 325 g/mol. The number of pyridine rings is 2. The molecule has 0 bridgehead atoms. The van der Waals surface area contributed by atoms with Crippen molar-refractivity contribution in [1.29, 1.82) is 0 Å². The molecule has 8 heteroatoms. The first-order valence-corrected chi connectivity index (χ1v) is 7.57. The van der Waals surface area contributed by atoms with Crippen LogP contribution in [0.2, 0.25) is 0 Å². The van der Waals surface area contributed by atoms with Crippen LogP contribution in [0.15, 0.2) is 42.6 Å². The van der Waals surface area contributed by atoms with Crippen LogP contribution in [0.5, 0.6) is 0 Å². The molecular weight excluding hydrogens is 306 g/mol. The molecule has 3 aromatic heterocycles. The molecule has 0 fully saturated rings. The van der Waals surface area contributed by atoms with Gasteiger partial charge in [0.1, 0.15) is 5.82 Å². The summed E-state index contributed by atoms with van der Waals surface area (Å²) in [4.78, 5) is 18.3. The average molecular weight is 325 g/mol. The van der Waals surface area contributed by atoms with Crippen LogP contribution in [0.3, 0.4) is 0 Å². The number of amides is 2. The van der Waals surface area contributed by atoms with Crippen LogP contribution in [-0.2, 0) is 13.1 Å². The highest BCUT2D eigenvalue weighted by molar-refractivity contribution is 5.73. The van der Waals surface area contributed by atoms with E-state index in [9.17, 15) is 4.79 Å². The van der Waals surface area contributed by atoms with Crippen LogP contribution < -0.4 is 15.5 Å². The Bertz CT molecular complexity index is 843. The van der Waals surface area contributed by atoms with E-state index in [4.69, 9.17) is 0 Å². The van der Waals surface area contributed by atoms with Crippen molar-refractivity contribution >= 4 is 17.5 Å². The number of carbonyl (C=O) groups excluding carboxylic acids is 1. The number of hydrogen-bond acceptors (Lipinski definition) is 5. The van der Waals surface area contributed by atoms with Gasteiger partial charge in [-0.25, -0.2) is 9.78 Å². The summed E-state index contributed by atoms with van der Waals surface area (Å²) in [6, 6.07) is 11.1. The molecule has 3 heterocycles. The minimum atomic E-state index is -0.278. The molecule has 0 atom stereocenters. The van der Waals surface area contributed by atoms with Crippen molar-refractivity contribution in [3.63, 3.8) is 0 Å². The van der Waals surface area contributed by atoms with Gasteiger partial charge < -0.3 is 15.5 Å². The van der Waals surface area contributed by atoms with Gasteiger partial charge in [-0.2, -0.15) is 0 Å². The number of anilines is 1. The van der Waals surface area contributed by atoms with E-state index in [1.807, 2.05) is 66.0 Å². The van der Waals surface area contributed by atoms with Gasteiger partial charge in [0, 0.05) is 20.3 Å². The third-order valence-electron chi connectivity index (χ3n) is 3.47. The first-order chi connectivity index (χ1) is 11.6. The second kappa shape index (κ2) is 6.95. The van der Waals surface area contributed by atoms with E-state index in [1.165, 1.54) is 0 Å². The molecule has 0 aromatic carbocycles.